The van der Waals surface area contributed by atoms with Gasteiger partial charge in [0.25, 0.3) is 11.6 Å². The van der Waals surface area contributed by atoms with Crippen molar-refractivity contribution in [2.45, 2.75) is 25.6 Å². The molecule has 0 radical (unpaired) electrons. The molecule has 0 aliphatic carbocycles. The number of amides is 1. The zero-order chi connectivity index (χ0) is 16.9. The molecule has 0 bridgehead atoms. The zero-order valence-corrected chi connectivity index (χ0v) is 13.9. The lowest BCUT2D eigenvalue weighted by Crippen LogP contribution is -2.42. The number of carbonyl (C=O) groups is 1. The maximum absolute atomic E-state index is 12.4. The maximum atomic E-state index is 12.4. The summed E-state index contributed by atoms with van der Waals surface area (Å²) in [6.07, 6.45) is 1.75. The third kappa shape index (κ3) is 3.98. The molecular weight excluding hydrogens is 328 g/mol. The van der Waals surface area contributed by atoms with Crippen molar-refractivity contribution < 1.29 is 14.5 Å². The molecule has 2 heterocycles. The largest absolute Gasteiger partial charge is 0.372 e. The van der Waals surface area contributed by atoms with Crippen molar-refractivity contribution in [3.8, 4) is 0 Å². The van der Waals surface area contributed by atoms with Crippen molar-refractivity contribution in [2.75, 3.05) is 13.1 Å². The van der Waals surface area contributed by atoms with Crippen molar-refractivity contribution in [1.29, 1.82) is 0 Å². The SMILES string of the molecule is O=C(c1cccs1)N1CCCC(OCc2cccc([N+](=O)[O-])c2)C1. The number of hydrogen-bond acceptors (Lipinski definition) is 5. The van der Waals surface area contributed by atoms with Gasteiger partial charge in [-0.05, 0) is 29.9 Å². The molecule has 0 spiro atoms. The lowest BCUT2D eigenvalue weighted by atomic mass is 10.1. The van der Waals surface area contributed by atoms with Crippen molar-refractivity contribution in [3.05, 3.63) is 62.3 Å². The Kier molecular flexibility index (Phi) is 5.22. The van der Waals surface area contributed by atoms with Crippen LogP contribution >= 0.6 is 11.3 Å². The predicted molar refractivity (Wildman–Crippen MR) is 91.1 cm³/mol. The Bertz CT molecular complexity index is 717. The van der Waals surface area contributed by atoms with E-state index in [0.717, 1.165) is 29.8 Å². The van der Waals surface area contributed by atoms with E-state index in [1.807, 2.05) is 28.5 Å². The van der Waals surface area contributed by atoms with Crippen molar-refractivity contribution >= 4 is 22.9 Å². The second kappa shape index (κ2) is 7.55. The van der Waals surface area contributed by atoms with E-state index in [-0.39, 0.29) is 17.7 Å². The number of hydrogen-bond donors (Lipinski definition) is 0. The van der Waals surface area contributed by atoms with Crippen molar-refractivity contribution in [1.82, 2.24) is 4.90 Å². The molecule has 3 rings (SSSR count). The normalized spacial score (nSPS) is 17.7. The van der Waals surface area contributed by atoms with Crippen molar-refractivity contribution in [3.63, 3.8) is 0 Å². The molecule has 126 valence electrons. The average Bonchev–Trinajstić information content (AvgIpc) is 3.14. The lowest BCUT2D eigenvalue weighted by molar-refractivity contribution is -0.385. The van der Waals surface area contributed by atoms with Crippen LogP contribution in [0.3, 0.4) is 0 Å². The first-order chi connectivity index (χ1) is 11.6. The highest BCUT2D eigenvalue weighted by atomic mass is 32.1. The van der Waals surface area contributed by atoms with E-state index in [0.29, 0.717) is 13.2 Å². The van der Waals surface area contributed by atoms with Gasteiger partial charge in [-0.1, -0.05) is 18.2 Å². The molecule has 7 heteroatoms. The highest BCUT2D eigenvalue weighted by Crippen LogP contribution is 2.20. The summed E-state index contributed by atoms with van der Waals surface area (Å²) in [5, 5.41) is 12.7. The molecule has 1 aliphatic rings. The number of nitro groups is 1. The van der Waals surface area contributed by atoms with Gasteiger partial charge in [0.05, 0.1) is 22.5 Å². The van der Waals surface area contributed by atoms with Crippen LogP contribution in [0.5, 0.6) is 0 Å². The molecule has 1 aromatic heterocycles. The number of thiophene rings is 1. The first kappa shape index (κ1) is 16.6. The van der Waals surface area contributed by atoms with E-state index in [4.69, 9.17) is 4.74 Å². The second-order valence-electron chi connectivity index (χ2n) is 5.73. The maximum Gasteiger partial charge on any atom is 0.269 e. The van der Waals surface area contributed by atoms with Crippen LogP contribution in [0.1, 0.15) is 28.1 Å². The fraction of sp³-hybridized carbons (Fsp3) is 0.353. The Balaban J connectivity index is 1.57. The molecule has 1 aliphatic heterocycles. The lowest BCUT2D eigenvalue weighted by Gasteiger charge is -2.32. The highest BCUT2D eigenvalue weighted by molar-refractivity contribution is 7.12. The van der Waals surface area contributed by atoms with Crippen LogP contribution in [0.4, 0.5) is 5.69 Å². The fourth-order valence-electron chi connectivity index (χ4n) is 2.79. The summed E-state index contributed by atoms with van der Waals surface area (Å²) in [6, 6.07) is 10.2. The minimum absolute atomic E-state index is 0.0399. The summed E-state index contributed by atoms with van der Waals surface area (Å²) < 4.78 is 5.89. The summed E-state index contributed by atoms with van der Waals surface area (Å²) in [5.74, 6) is 0.0497. The van der Waals surface area contributed by atoms with Gasteiger partial charge in [-0.3, -0.25) is 14.9 Å². The Labute approximate surface area is 143 Å². The minimum Gasteiger partial charge on any atom is -0.372 e. The first-order valence-electron chi connectivity index (χ1n) is 7.81. The number of piperidine rings is 1. The number of non-ortho nitro benzene ring substituents is 1. The molecule has 2 aromatic rings. The van der Waals surface area contributed by atoms with Crippen LogP contribution in [0, 0.1) is 10.1 Å². The molecular formula is C17H18N2O4S. The number of carbonyl (C=O) groups excluding carboxylic acids is 1. The molecule has 0 N–H and O–H groups in total. The van der Waals surface area contributed by atoms with Gasteiger partial charge in [0, 0.05) is 25.2 Å². The van der Waals surface area contributed by atoms with Gasteiger partial charge in [0.2, 0.25) is 0 Å². The van der Waals surface area contributed by atoms with Gasteiger partial charge in [-0.15, -0.1) is 11.3 Å². The molecule has 0 saturated carbocycles. The van der Waals surface area contributed by atoms with E-state index in [1.165, 1.54) is 23.5 Å². The van der Waals surface area contributed by atoms with Gasteiger partial charge in [0.15, 0.2) is 0 Å². The summed E-state index contributed by atoms with van der Waals surface area (Å²) in [6.45, 7) is 1.62. The molecule has 1 amide bonds. The number of likely N-dealkylation sites (tertiary alicyclic amines) is 1. The van der Waals surface area contributed by atoms with E-state index in [9.17, 15) is 14.9 Å². The second-order valence-corrected chi connectivity index (χ2v) is 6.68. The van der Waals surface area contributed by atoms with Crippen LogP contribution in [0.25, 0.3) is 0 Å². The van der Waals surface area contributed by atoms with Gasteiger partial charge in [-0.2, -0.15) is 0 Å². The van der Waals surface area contributed by atoms with Gasteiger partial charge in [-0.25, -0.2) is 0 Å². The van der Waals surface area contributed by atoms with Gasteiger partial charge >= 0.3 is 0 Å². The summed E-state index contributed by atoms with van der Waals surface area (Å²) in [7, 11) is 0. The van der Waals surface area contributed by atoms with Gasteiger partial charge < -0.3 is 9.64 Å². The smallest absolute Gasteiger partial charge is 0.269 e. The van der Waals surface area contributed by atoms with E-state index >= 15 is 0 Å². The summed E-state index contributed by atoms with van der Waals surface area (Å²) in [4.78, 5) is 25.4. The van der Waals surface area contributed by atoms with Crippen LogP contribution in [0.15, 0.2) is 41.8 Å². The highest BCUT2D eigenvalue weighted by Gasteiger charge is 2.25. The Morgan fingerprint density at radius 3 is 3.00 bits per heavy atom. The standard InChI is InChI=1S/C17H18N2O4S/c20-17(16-7-3-9-24-16)18-8-2-6-15(11-18)23-12-13-4-1-5-14(10-13)19(21)22/h1,3-5,7,9-10,15H,2,6,8,11-12H2. The molecule has 1 atom stereocenters. The van der Waals surface area contributed by atoms with Crippen LogP contribution in [-0.2, 0) is 11.3 Å². The quantitative estimate of drug-likeness (QED) is 0.614. The number of benzene rings is 1. The fourth-order valence-corrected chi connectivity index (χ4v) is 3.48. The average molecular weight is 346 g/mol. The first-order valence-corrected chi connectivity index (χ1v) is 8.69. The topological polar surface area (TPSA) is 72.7 Å². The third-order valence-electron chi connectivity index (χ3n) is 4.00. The number of ether oxygens (including phenoxy) is 1. The molecule has 1 saturated heterocycles. The van der Waals surface area contributed by atoms with E-state index in [1.54, 1.807) is 6.07 Å². The zero-order valence-electron chi connectivity index (χ0n) is 13.1. The number of nitro benzene ring substituents is 1. The summed E-state index contributed by atoms with van der Waals surface area (Å²) >= 11 is 1.44. The minimum atomic E-state index is -0.411. The van der Waals surface area contributed by atoms with E-state index < -0.39 is 4.92 Å². The molecule has 6 nitrogen and oxygen atoms in total. The Morgan fingerprint density at radius 2 is 2.25 bits per heavy atom. The van der Waals surface area contributed by atoms with Crippen LogP contribution in [0.2, 0.25) is 0 Å². The van der Waals surface area contributed by atoms with Crippen LogP contribution < -0.4 is 0 Å². The van der Waals surface area contributed by atoms with Gasteiger partial charge in [0.1, 0.15) is 0 Å². The number of nitrogens with zero attached hydrogens (tertiary/aromatic N) is 2. The predicted octanol–water partition coefficient (Wildman–Crippen LogP) is 3.48. The molecule has 1 aromatic carbocycles. The molecule has 1 fully saturated rings. The third-order valence-corrected chi connectivity index (χ3v) is 4.86. The molecule has 24 heavy (non-hydrogen) atoms. The Hall–Kier alpha value is -2.25. The number of rotatable bonds is 5. The summed E-state index contributed by atoms with van der Waals surface area (Å²) in [5.41, 5.74) is 0.833. The monoisotopic (exact) mass is 346 g/mol. The van der Waals surface area contributed by atoms with Crippen molar-refractivity contribution in [2.24, 2.45) is 0 Å². The van der Waals surface area contributed by atoms with E-state index in [2.05, 4.69) is 0 Å². The molecule has 1 unspecified atom stereocenters. The Morgan fingerprint density at radius 1 is 1.38 bits per heavy atom. The van der Waals surface area contributed by atoms with Crippen LogP contribution in [-0.4, -0.2) is 34.9 Å².